The highest BCUT2D eigenvalue weighted by Crippen LogP contribution is 2.31. The lowest BCUT2D eigenvalue weighted by atomic mass is 10.0. The van der Waals surface area contributed by atoms with Crippen molar-refractivity contribution in [1.29, 1.82) is 0 Å². The van der Waals surface area contributed by atoms with Gasteiger partial charge in [-0.25, -0.2) is 0 Å². The topological polar surface area (TPSA) is 127 Å². The molecule has 1 fully saturated rings. The van der Waals surface area contributed by atoms with E-state index < -0.39 is 17.8 Å². The number of aliphatic carboxylic acids is 1. The first-order chi connectivity index (χ1) is 9.45. The van der Waals surface area contributed by atoms with Crippen molar-refractivity contribution in [3.63, 3.8) is 0 Å². The van der Waals surface area contributed by atoms with Crippen LogP contribution in [0.1, 0.15) is 19.3 Å². The first kappa shape index (κ1) is 14.0. The van der Waals surface area contributed by atoms with E-state index >= 15 is 0 Å². The second kappa shape index (κ2) is 5.72. The molecule has 8 heteroatoms. The lowest BCUT2D eigenvalue weighted by Gasteiger charge is -2.08. The van der Waals surface area contributed by atoms with Crippen molar-refractivity contribution >= 4 is 23.5 Å². The Kier molecular flexibility index (Phi) is 4.02. The molecule has 0 aliphatic heterocycles. The van der Waals surface area contributed by atoms with Crippen LogP contribution < -0.4 is 11.1 Å². The van der Waals surface area contributed by atoms with Crippen molar-refractivity contribution < 1.29 is 19.5 Å². The van der Waals surface area contributed by atoms with Crippen LogP contribution in [0, 0.1) is 11.8 Å². The highest BCUT2D eigenvalue weighted by molar-refractivity contribution is 5.93. The largest absolute Gasteiger partial charge is 0.481 e. The fraction of sp³-hybridized carbons (Fsp3) is 0.500. The molecule has 0 radical (unpaired) electrons. The number of hydrogen-bond donors (Lipinski definition) is 3. The Bertz CT molecular complexity index is 539. The van der Waals surface area contributed by atoms with Crippen LogP contribution in [-0.4, -0.2) is 32.7 Å². The molecule has 0 aromatic carbocycles. The van der Waals surface area contributed by atoms with Crippen LogP contribution in [0.3, 0.4) is 0 Å². The van der Waals surface area contributed by atoms with Crippen LogP contribution in [0.5, 0.6) is 0 Å². The Morgan fingerprint density at radius 3 is 2.70 bits per heavy atom. The zero-order chi connectivity index (χ0) is 14.7. The summed E-state index contributed by atoms with van der Waals surface area (Å²) in [5, 5.41) is 15.5. The van der Waals surface area contributed by atoms with Crippen molar-refractivity contribution in [2.45, 2.75) is 25.8 Å². The molecule has 0 unspecified atom stereocenters. The van der Waals surface area contributed by atoms with Gasteiger partial charge in [0.15, 0.2) is 0 Å². The van der Waals surface area contributed by atoms with Crippen LogP contribution >= 0.6 is 0 Å². The molecular formula is C12H16N4O4. The number of carbonyl (C=O) groups excluding carboxylic acids is 2. The van der Waals surface area contributed by atoms with E-state index in [1.54, 1.807) is 0 Å². The minimum atomic E-state index is -0.852. The molecule has 1 heterocycles. The summed E-state index contributed by atoms with van der Waals surface area (Å²) in [6.07, 6.45) is 4.37. The Balaban J connectivity index is 1.90. The summed E-state index contributed by atoms with van der Waals surface area (Å²) in [5.41, 5.74) is 5.50. The van der Waals surface area contributed by atoms with E-state index in [1.165, 1.54) is 17.1 Å². The number of carbonyl (C=O) groups is 3. The molecule has 2 atom stereocenters. The predicted molar refractivity (Wildman–Crippen MR) is 68.5 cm³/mol. The fourth-order valence-electron chi connectivity index (χ4n) is 2.36. The molecular weight excluding hydrogens is 264 g/mol. The van der Waals surface area contributed by atoms with E-state index in [2.05, 4.69) is 10.4 Å². The van der Waals surface area contributed by atoms with Gasteiger partial charge in [-0.05, 0) is 19.3 Å². The molecule has 1 aliphatic carbocycles. The molecule has 2 amide bonds. The number of anilines is 1. The van der Waals surface area contributed by atoms with Gasteiger partial charge in [-0.15, -0.1) is 0 Å². The van der Waals surface area contributed by atoms with Crippen molar-refractivity contribution in [2.24, 2.45) is 17.6 Å². The van der Waals surface area contributed by atoms with Gasteiger partial charge in [0.05, 0.1) is 17.8 Å². The summed E-state index contributed by atoms with van der Waals surface area (Å²) in [4.78, 5) is 33.6. The van der Waals surface area contributed by atoms with E-state index in [4.69, 9.17) is 10.8 Å². The van der Waals surface area contributed by atoms with Gasteiger partial charge >= 0.3 is 5.97 Å². The fourth-order valence-corrected chi connectivity index (χ4v) is 2.36. The first-order valence-electron chi connectivity index (χ1n) is 6.30. The number of nitrogens with zero attached hydrogens (tertiary/aromatic N) is 2. The normalized spacial score (nSPS) is 21.6. The zero-order valence-electron chi connectivity index (χ0n) is 10.8. The molecule has 108 valence electrons. The van der Waals surface area contributed by atoms with E-state index in [0.29, 0.717) is 24.9 Å². The average molecular weight is 280 g/mol. The quantitative estimate of drug-likeness (QED) is 0.688. The number of primary amides is 1. The van der Waals surface area contributed by atoms with Gasteiger partial charge in [0.1, 0.15) is 6.54 Å². The summed E-state index contributed by atoms with van der Waals surface area (Å²) in [5.74, 6) is -2.33. The average Bonchev–Trinajstić information content (AvgIpc) is 2.97. The third-order valence-corrected chi connectivity index (χ3v) is 3.37. The number of aromatic nitrogens is 2. The number of amides is 2. The van der Waals surface area contributed by atoms with Gasteiger partial charge in [0.2, 0.25) is 11.8 Å². The van der Waals surface area contributed by atoms with Crippen molar-refractivity contribution in [2.75, 3.05) is 5.32 Å². The smallest absolute Gasteiger partial charge is 0.306 e. The van der Waals surface area contributed by atoms with E-state index in [0.717, 1.165) is 0 Å². The minimum absolute atomic E-state index is 0.0552. The van der Waals surface area contributed by atoms with Crippen LogP contribution in [0.4, 0.5) is 5.69 Å². The maximum Gasteiger partial charge on any atom is 0.306 e. The Morgan fingerprint density at radius 1 is 1.40 bits per heavy atom. The monoisotopic (exact) mass is 280 g/mol. The van der Waals surface area contributed by atoms with Crippen LogP contribution in [0.15, 0.2) is 12.4 Å². The minimum Gasteiger partial charge on any atom is -0.481 e. The number of nitrogens with one attached hydrogen (secondary N) is 1. The highest BCUT2D eigenvalue weighted by atomic mass is 16.4. The number of nitrogens with two attached hydrogens (primary N) is 1. The number of rotatable bonds is 5. The van der Waals surface area contributed by atoms with Crippen molar-refractivity contribution in [3.05, 3.63) is 12.4 Å². The Hall–Kier alpha value is -2.38. The molecule has 0 bridgehead atoms. The highest BCUT2D eigenvalue weighted by Gasteiger charge is 2.33. The van der Waals surface area contributed by atoms with Crippen LogP contribution in [0.2, 0.25) is 0 Å². The zero-order valence-corrected chi connectivity index (χ0v) is 10.8. The lowest BCUT2D eigenvalue weighted by Crippen LogP contribution is -2.21. The summed E-state index contributed by atoms with van der Waals surface area (Å²) >= 11 is 0. The Labute approximate surface area is 114 Å². The van der Waals surface area contributed by atoms with Gasteiger partial charge in [-0.1, -0.05) is 0 Å². The number of carboxylic acid groups (broad SMARTS) is 1. The van der Waals surface area contributed by atoms with Gasteiger partial charge < -0.3 is 16.2 Å². The first-order valence-corrected chi connectivity index (χ1v) is 6.30. The summed E-state index contributed by atoms with van der Waals surface area (Å²) in [6.45, 7) is -0.0552. The molecule has 4 N–H and O–H groups in total. The SMILES string of the molecule is NC(=O)Cn1cc(NC(=O)[C@@H]2CC[C@H](C(=O)O)C2)cn1. The van der Waals surface area contributed by atoms with E-state index in [-0.39, 0.29) is 18.4 Å². The summed E-state index contributed by atoms with van der Waals surface area (Å²) < 4.78 is 1.33. The number of carboxylic acids is 1. The third-order valence-electron chi connectivity index (χ3n) is 3.37. The molecule has 2 rings (SSSR count). The molecule has 1 aromatic heterocycles. The molecule has 0 saturated heterocycles. The molecule has 20 heavy (non-hydrogen) atoms. The second-order valence-corrected chi connectivity index (χ2v) is 4.93. The van der Waals surface area contributed by atoms with Crippen molar-refractivity contribution in [1.82, 2.24) is 9.78 Å². The van der Waals surface area contributed by atoms with E-state index in [1.807, 2.05) is 0 Å². The maximum absolute atomic E-state index is 12.0. The number of hydrogen-bond acceptors (Lipinski definition) is 4. The van der Waals surface area contributed by atoms with Gasteiger partial charge in [-0.3, -0.25) is 19.1 Å². The lowest BCUT2D eigenvalue weighted by molar-refractivity contribution is -0.141. The third kappa shape index (κ3) is 3.34. The second-order valence-electron chi connectivity index (χ2n) is 4.93. The van der Waals surface area contributed by atoms with Crippen molar-refractivity contribution in [3.8, 4) is 0 Å². The molecule has 0 spiro atoms. The predicted octanol–water partition coefficient (Wildman–Crippen LogP) is -0.192. The van der Waals surface area contributed by atoms with Crippen LogP contribution in [0.25, 0.3) is 0 Å². The molecule has 1 saturated carbocycles. The summed E-state index contributed by atoms with van der Waals surface area (Å²) in [7, 11) is 0. The van der Waals surface area contributed by atoms with Gasteiger partial charge in [-0.2, -0.15) is 5.10 Å². The molecule has 8 nitrogen and oxygen atoms in total. The standard InChI is InChI=1S/C12H16N4O4/c13-10(17)6-16-5-9(4-14-16)15-11(18)7-1-2-8(3-7)12(19)20/h4-5,7-8H,1-3,6H2,(H2,13,17)(H,15,18)(H,19,20)/t7-,8+/m1/s1. The van der Waals surface area contributed by atoms with Gasteiger partial charge in [0.25, 0.3) is 0 Å². The summed E-state index contributed by atoms with van der Waals surface area (Å²) in [6, 6.07) is 0. The molecule has 1 aliphatic rings. The maximum atomic E-state index is 12.0. The van der Waals surface area contributed by atoms with Gasteiger partial charge in [0, 0.05) is 12.1 Å². The van der Waals surface area contributed by atoms with E-state index in [9.17, 15) is 14.4 Å². The molecule has 1 aromatic rings. The van der Waals surface area contributed by atoms with Crippen LogP contribution in [-0.2, 0) is 20.9 Å². The Morgan fingerprint density at radius 2 is 2.10 bits per heavy atom.